The summed E-state index contributed by atoms with van der Waals surface area (Å²) in [7, 11) is 0. The molecule has 0 spiro atoms. The molecule has 1 amide bonds. The van der Waals surface area contributed by atoms with Gasteiger partial charge in [0.2, 0.25) is 5.91 Å². The van der Waals surface area contributed by atoms with Gasteiger partial charge in [0.05, 0.1) is 12.1 Å². The van der Waals surface area contributed by atoms with E-state index in [4.69, 9.17) is 23.2 Å². The second-order valence-corrected chi connectivity index (χ2v) is 6.17. The van der Waals surface area contributed by atoms with Crippen LogP contribution in [0.4, 0.5) is 5.69 Å². The van der Waals surface area contributed by atoms with Crippen molar-refractivity contribution in [1.82, 2.24) is 9.78 Å². The van der Waals surface area contributed by atoms with Gasteiger partial charge in [-0.2, -0.15) is 5.10 Å². The van der Waals surface area contributed by atoms with Crippen LogP contribution >= 0.6 is 23.2 Å². The number of nitrogens with one attached hydrogen (secondary N) is 1. The number of carbonyl (C=O) groups excluding carboxylic acids is 1. The lowest BCUT2D eigenvalue weighted by Gasteiger charge is -2.10. The maximum absolute atomic E-state index is 12.3. The molecule has 0 fully saturated rings. The lowest BCUT2D eigenvalue weighted by Crippen LogP contribution is -2.15. The van der Waals surface area contributed by atoms with Gasteiger partial charge < -0.3 is 5.32 Å². The average molecular weight is 360 g/mol. The highest BCUT2D eigenvalue weighted by Gasteiger charge is 2.11. The maximum Gasteiger partial charge on any atom is 0.228 e. The standard InChI is InChI=1S/C18H15Cl2N3O/c1-12-8-9-21-23(12)14-5-2-4-13(10-14)22-18(24)11-15-16(19)6-3-7-17(15)20/h2-10H,11H2,1H3,(H,22,24). The Bertz CT molecular complexity index is 869. The van der Waals surface area contributed by atoms with Crippen LogP contribution in [0.25, 0.3) is 5.69 Å². The molecule has 0 aliphatic carbocycles. The molecule has 0 bridgehead atoms. The van der Waals surface area contributed by atoms with E-state index < -0.39 is 0 Å². The second-order valence-electron chi connectivity index (χ2n) is 5.36. The van der Waals surface area contributed by atoms with Crippen LogP contribution in [0.15, 0.2) is 54.7 Å². The van der Waals surface area contributed by atoms with Gasteiger partial charge in [-0.3, -0.25) is 4.79 Å². The Morgan fingerprint density at radius 1 is 1.12 bits per heavy atom. The third-order valence-corrected chi connectivity index (χ3v) is 4.31. The van der Waals surface area contributed by atoms with Gasteiger partial charge in [0.1, 0.15) is 0 Å². The van der Waals surface area contributed by atoms with Crippen LogP contribution in [-0.2, 0) is 11.2 Å². The zero-order valence-electron chi connectivity index (χ0n) is 13.0. The van der Waals surface area contributed by atoms with Crippen molar-refractivity contribution >= 4 is 34.8 Å². The first-order chi connectivity index (χ1) is 11.5. The van der Waals surface area contributed by atoms with Crippen LogP contribution < -0.4 is 5.32 Å². The number of rotatable bonds is 4. The van der Waals surface area contributed by atoms with E-state index in [0.717, 1.165) is 11.4 Å². The summed E-state index contributed by atoms with van der Waals surface area (Å²) in [4.78, 5) is 12.3. The van der Waals surface area contributed by atoms with Crippen LogP contribution in [0.3, 0.4) is 0 Å². The molecule has 1 N–H and O–H groups in total. The molecule has 0 radical (unpaired) electrons. The number of hydrogen-bond donors (Lipinski definition) is 1. The minimum atomic E-state index is -0.181. The largest absolute Gasteiger partial charge is 0.326 e. The molecule has 0 unspecified atom stereocenters. The topological polar surface area (TPSA) is 46.9 Å². The molecule has 122 valence electrons. The fraction of sp³-hybridized carbons (Fsp3) is 0.111. The molecule has 24 heavy (non-hydrogen) atoms. The highest BCUT2D eigenvalue weighted by molar-refractivity contribution is 6.36. The number of nitrogens with zero attached hydrogens (tertiary/aromatic N) is 2. The van der Waals surface area contributed by atoms with Crippen molar-refractivity contribution in [3.63, 3.8) is 0 Å². The molecule has 2 aromatic carbocycles. The van der Waals surface area contributed by atoms with Crippen molar-refractivity contribution < 1.29 is 4.79 Å². The summed E-state index contributed by atoms with van der Waals surface area (Å²) < 4.78 is 1.81. The molecule has 3 rings (SSSR count). The smallest absolute Gasteiger partial charge is 0.228 e. The SMILES string of the molecule is Cc1ccnn1-c1cccc(NC(=O)Cc2c(Cl)cccc2Cl)c1. The highest BCUT2D eigenvalue weighted by Crippen LogP contribution is 2.25. The first-order valence-electron chi connectivity index (χ1n) is 7.38. The lowest BCUT2D eigenvalue weighted by molar-refractivity contribution is -0.115. The molecule has 4 nitrogen and oxygen atoms in total. The number of amides is 1. The quantitative estimate of drug-likeness (QED) is 0.735. The number of aromatic nitrogens is 2. The third kappa shape index (κ3) is 3.61. The molecule has 0 aliphatic heterocycles. The Kier molecular flexibility index (Phi) is 4.88. The predicted octanol–water partition coefficient (Wildman–Crippen LogP) is 4.67. The van der Waals surface area contributed by atoms with Gasteiger partial charge in [-0.05, 0) is 48.9 Å². The molecule has 1 aromatic heterocycles. The molecule has 6 heteroatoms. The normalized spacial score (nSPS) is 10.6. The number of halogens is 2. The summed E-state index contributed by atoms with van der Waals surface area (Å²) in [5, 5.41) is 8.11. The number of carbonyl (C=O) groups is 1. The van der Waals surface area contributed by atoms with E-state index in [1.54, 1.807) is 29.1 Å². The molecule has 0 saturated heterocycles. The Morgan fingerprint density at radius 3 is 2.50 bits per heavy atom. The molecule has 3 aromatic rings. The minimum Gasteiger partial charge on any atom is -0.326 e. The summed E-state index contributed by atoms with van der Waals surface area (Å²) in [5.41, 5.74) is 3.21. The van der Waals surface area contributed by atoms with Crippen LogP contribution in [0, 0.1) is 6.92 Å². The third-order valence-electron chi connectivity index (χ3n) is 3.61. The zero-order chi connectivity index (χ0) is 17.1. The lowest BCUT2D eigenvalue weighted by atomic mass is 10.1. The van der Waals surface area contributed by atoms with E-state index in [0.29, 0.717) is 21.3 Å². The Balaban J connectivity index is 1.77. The molecular weight excluding hydrogens is 345 g/mol. The number of benzene rings is 2. The van der Waals surface area contributed by atoms with E-state index >= 15 is 0 Å². The van der Waals surface area contributed by atoms with Crippen LogP contribution in [0.2, 0.25) is 10.0 Å². The van der Waals surface area contributed by atoms with Crippen molar-refractivity contribution in [2.24, 2.45) is 0 Å². The summed E-state index contributed by atoms with van der Waals surface area (Å²) >= 11 is 12.2. The van der Waals surface area contributed by atoms with Gasteiger partial charge >= 0.3 is 0 Å². The van der Waals surface area contributed by atoms with E-state index in [1.807, 2.05) is 37.3 Å². The van der Waals surface area contributed by atoms with Gasteiger partial charge in [-0.15, -0.1) is 0 Å². The van der Waals surface area contributed by atoms with Gasteiger partial charge in [0, 0.05) is 27.6 Å². The van der Waals surface area contributed by atoms with Crippen LogP contribution in [-0.4, -0.2) is 15.7 Å². The zero-order valence-corrected chi connectivity index (χ0v) is 14.5. The highest BCUT2D eigenvalue weighted by atomic mass is 35.5. The monoisotopic (exact) mass is 359 g/mol. The van der Waals surface area contributed by atoms with Crippen molar-refractivity contribution in [1.29, 1.82) is 0 Å². The molecule has 0 atom stereocenters. The van der Waals surface area contributed by atoms with Crippen LogP contribution in [0.5, 0.6) is 0 Å². The Labute approximate surface area is 150 Å². The summed E-state index contributed by atoms with van der Waals surface area (Å²) in [5.74, 6) is -0.181. The van der Waals surface area contributed by atoms with E-state index in [-0.39, 0.29) is 12.3 Å². The molecular formula is C18H15Cl2N3O. The number of anilines is 1. The predicted molar refractivity (Wildman–Crippen MR) is 97.1 cm³/mol. The maximum atomic E-state index is 12.3. The number of aryl methyl sites for hydroxylation is 1. The first kappa shape index (κ1) is 16.6. The molecule has 1 heterocycles. The first-order valence-corrected chi connectivity index (χ1v) is 8.14. The summed E-state index contributed by atoms with van der Waals surface area (Å²) in [6.07, 6.45) is 1.85. The van der Waals surface area contributed by atoms with Gasteiger partial charge in [0.15, 0.2) is 0 Å². The Hall–Kier alpha value is -2.30. The second kappa shape index (κ2) is 7.07. The van der Waals surface area contributed by atoms with Crippen molar-refractivity contribution in [2.45, 2.75) is 13.3 Å². The van der Waals surface area contributed by atoms with Crippen molar-refractivity contribution in [2.75, 3.05) is 5.32 Å². The summed E-state index contributed by atoms with van der Waals surface area (Å²) in [6.45, 7) is 1.97. The fourth-order valence-corrected chi connectivity index (χ4v) is 2.95. The number of hydrogen-bond acceptors (Lipinski definition) is 2. The summed E-state index contributed by atoms with van der Waals surface area (Å²) in [6, 6.07) is 14.6. The fourth-order valence-electron chi connectivity index (χ4n) is 2.42. The van der Waals surface area contributed by atoms with E-state index in [9.17, 15) is 4.79 Å². The van der Waals surface area contributed by atoms with Crippen LogP contribution in [0.1, 0.15) is 11.3 Å². The average Bonchev–Trinajstić information content (AvgIpc) is 2.97. The molecule has 0 saturated carbocycles. The van der Waals surface area contributed by atoms with E-state index in [1.165, 1.54) is 0 Å². The van der Waals surface area contributed by atoms with Crippen molar-refractivity contribution in [3.05, 3.63) is 76.0 Å². The van der Waals surface area contributed by atoms with Crippen molar-refractivity contribution in [3.8, 4) is 5.69 Å². The molecule has 0 aliphatic rings. The van der Waals surface area contributed by atoms with E-state index in [2.05, 4.69) is 10.4 Å². The van der Waals surface area contributed by atoms with Gasteiger partial charge in [0.25, 0.3) is 0 Å². The Morgan fingerprint density at radius 2 is 1.83 bits per heavy atom. The minimum absolute atomic E-state index is 0.115. The van der Waals surface area contributed by atoms with Gasteiger partial charge in [-0.1, -0.05) is 35.3 Å². The van der Waals surface area contributed by atoms with Gasteiger partial charge in [-0.25, -0.2) is 4.68 Å².